The van der Waals surface area contributed by atoms with Crippen molar-refractivity contribution >= 4 is 23.2 Å². The summed E-state index contributed by atoms with van der Waals surface area (Å²) < 4.78 is 1.80. The van der Waals surface area contributed by atoms with Gasteiger partial charge >= 0.3 is 0 Å². The molecule has 0 amide bonds. The van der Waals surface area contributed by atoms with Gasteiger partial charge in [-0.15, -0.1) is 23.2 Å². The van der Waals surface area contributed by atoms with Gasteiger partial charge in [0.15, 0.2) is 0 Å². The van der Waals surface area contributed by atoms with Gasteiger partial charge in [0.25, 0.3) is 0 Å². The van der Waals surface area contributed by atoms with Crippen molar-refractivity contribution in [3.8, 4) is 0 Å². The molecule has 1 rings (SSSR count). The lowest BCUT2D eigenvalue weighted by molar-refractivity contribution is 0.362. The van der Waals surface area contributed by atoms with E-state index in [4.69, 9.17) is 23.2 Å². The van der Waals surface area contributed by atoms with Gasteiger partial charge in [0.05, 0.1) is 6.20 Å². The molecule has 0 radical (unpaired) electrons. The van der Waals surface area contributed by atoms with Crippen LogP contribution in [0.15, 0.2) is 12.4 Å². The minimum Gasteiger partial charge on any atom is -0.276 e. The second-order valence-corrected chi connectivity index (χ2v) is 4.35. The van der Waals surface area contributed by atoms with Crippen LogP contribution in [-0.4, -0.2) is 21.5 Å². The van der Waals surface area contributed by atoms with Crippen molar-refractivity contribution in [3.05, 3.63) is 18.0 Å². The van der Waals surface area contributed by atoms with Crippen molar-refractivity contribution in [2.45, 2.75) is 19.8 Å². The first-order chi connectivity index (χ1) is 6.65. The van der Waals surface area contributed by atoms with Crippen molar-refractivity contribution in [1.29, 1.82) is 0 Å². The van der Waals surface area contributed by atoms with Crippen LogP contribution >= 0.6 is 23.2 Å². The fraction of sp³-hybridized carbons (Fsp3) is 0.700. The van der Waals surface area contributed by atoms with E-state index in [0.29, 0.717) is 11.8 Å². The number of nitrogens with zero attached hydrogens (tertiary/aromatic N) is 2. The first-order valence-electron chi connectivity index (χ1n) is 4.75. The number of aryl methyl sites for hydroxylation is 1. The van der Waals surface area contributed by atoms with E-state index < -0.39 is 0 Å². The highest BCUT2D eigenvalue weighted by atomic mass is 35.5. The second-order valence-electron chi connectivity index (χ2n) is 3.82. The number of halogens is 2. The summed E-state index contributed by atoms with van der Waals surface area (Å²) in [6, 6.07) is 0. The van der Waals surface area contributed by atoms with Crippen LogP contribution in [0.3, 0.4) is 0 Å². The summed E-state index contributed by atoms with van der Waals surface area (Å²) in [4.78, 5) is 0. The maximum atomic E-state index is 5.97. The molecule has 0 saturated carbocycles. The lowest BCUT2D eigenvalue weighted by atomic mass is 9.84. The Hall–Kier alpha value is -0.210. The Balaban J connectivity index is 2.73. The molecule has 1 aromatic heterocycles. The fourth-order valence-electron chi connectivity index (χ4n) is 1.44. The van der Waals surface area contributed by atoms with E-state index in [-0.39, 0.29) is 5.41 Å². The number of aromatic nitrogens is 2. The molecule has 0 N–H and O–H groups in total. The Morgan fingerprint density at radius 2 is 2.07 bits per heavy atom. The SMILES string of the molecule is CCC(CCl)(CCl)Cc1cnn(C)c1. The van der Waals surface area contributed by atoms with Crippen LogP contribution in [0.25, 0.3) is 0 Å². The molecule has 0 fully saturated rings. The van der Waals surface area contributed by atoms with Gasteiger partial charge in [-0.1, -0.05) is 6.92 Å². The van der Waals surface area contributed by atoms with Crippen molar-refractivity contribution in [1.82, 2.24) is 9.78 Å². The molecule has 0 aliphatic heterocycles. The van der Waals surface area contributed by atoms with Gasteiger partial charge in [-0.25, -0.2) is 0 Å². The Kier molecular flexibility index (Phi) is 4.27. The molecule has 0 atom stereocenters. The molecular formula is C10H16Cl2N2. The third-order valence-electron chi connectivity index (χ3n) is 2.65. The summed E-state index contributed by atoms with van der Waals surface area (Å²) in [6.45, 7) is 2.13. The van der Waals surface area contributed by atoms with Gasteiger partial charge < -0.3 is 0 Å². The number of rotatable bonds is 5. The van der Waals surface area contributed by atoms with Gasteiger partial charge in [0, 0.05) is 30.4 Å². The Morgan fingerprint density at radius 1 is 1.43 bits per heavy atom. The van der Waals surface area contributed by atoms with Crippen molar-refractivity contribution in [2.24, 2.45) is 12.5 Å². The molecule has 14 heavy (non-hydrogen) atoms. The van der Waals surface area contributed by atoms with Crippen LogP contribution in [-0.2, 0) is 13.5 Å². The standard InChI is InChI=1S/C10H16Cl2N2/c1-3-10(7-11,8-12)4-9-5-13-14(2)6-9/h5-6H,3-4,7-8H2,1-2H3. The molecule has 2 nitrogen and oxygen atoms in total. The minimum absolute atomic E-state index is 0.0200. The summed E-state index contributed by atoms with van der Waals surface area (Å²) in [6.07, 6.45) is 5.80. The molecule has 0 saturated heterocycles. The lowest BCUT2D eigenvalue weighted by Crippen LogP contribution is -2.26. The maximum absolute atomic E-state index is 5.97. The van der Waals surface area contributed by atoms with Crippen LogP contribution < -0.4 is 0 Å². The largest absolute Gasteiger partial charge is 0.276 e. The molecule has 0 spiro atoms. The summed E-state index contributed by atoms with van der Waals surface area (Å²) in [5.41, 5.74) is 1.22. The average molecular weight is 235 g/mol. The van der Waals surface area contributed by atoms with Crippen molar-refractivity contribution in [3.63, 3.8) is 0 Å². The fourth-order valence-corrected chi connectivity index (χ4v) is 2.29. The molecule has 80 valence electrons. The molecular weight excluding hydrogens is 219 g/mol. The highest BCUT2D eigenvalue weighted by molar-refractivity contribution is 6.21. The van der Waals surface area contributed by atoms with Gasteiger partial charge in [-0.05, 0) is 18.4 Å². The van der Waals surface area contributed by atoms with Crippen molar-refractivity contribution < 1.29 is 0 Å². The van der Waals surface area contributed by atoms with Gasteiger partial charge in [0.1, 0.15) is 0 Å². The summed E-state index contributed by atoms with van der Waals surface area (Å²) >= 11 is 11.9. The topological polar surface area (TPSA) is 17.8 Å². The Labute approximate surface area is 95.2 Å². The summed E-state index contributed by atoms with van der Waals surface area (Å²) in [5.74, 6) is 1.20. The molecule has 1 aromatic rings. The van der Waals surface area contributed by atoms with E-state index in [1.165, 1.54) is 5.56 Å². The normalized spacial score (nSPS) is 12.0. The van der Waals surface area contributed by atoms with Crippen LogP contribution in [0, 0.1) is 5.41 Å². The van der Waals surface area contributed by atoms with Gasteiger partial charge in [-0.2, -0.15) is 5.10 Å². The first kappa shape index (κ1) is 11.9. The van der Waals surface area contributed by atoms with Crippen LogP contribution in [0.5, 0.6) is 0 Å². The van der Waals surface area contributed by atoms with E-state index in [9.17, 15) is 0 Å². The predicted molar refractivity (Wildman–Crippen MR) is 61.1 cm³/mol. The monoisotopic (exact) mass is 234 g/mol. The molecule has 0 bridgehead atoms. The van der Waals surface area contributed by atoms with Gasteiger partial charge in [-0.3, -0.25) is 4.68 Å². The molecule has 0 unspecified atom stereocenters. The number of hydrogen-bond acceptors (Lipinski definition) is 1. The third-order valence-corrected chi connectivity index (χ3v) is 3.79. The van der Waals surface area contributed by atoms with Crippen molar-refractivity contribution in [2.75, 3.05) is 11.8 Å². The molecule has 4 heteroatoms. The predicted octanol–water partition coefficient (Wildman–Crippen LogP) is 2.84. The zero-order chi connectivity index (χ0) is 10.6. The van der Waals surface area contributed by atoms with E-state index >= 15 is 0 Å². The maximum Gasteiger partial charge on any atom is 0.0521 e. The first-order valence-corrected chi connectivity index (χ1v) is 5.82. The van der Waals surface area contributed by atoms with Crippen LogP contribution in [0.2, 0.25) is 0 Å². The minimum atomic E-state index is 0.0200. The van der Waals surface area contributed by atoms with E-state index in [1.807, 2.05) is 19.4 Å². The lowest BCUT2D eigenvalue weighted by Gasteiger charge is -2.27. The molecule has 1 heterocycles. The molecule has 0 aliphatic carbocycles. The van der Waals surface area contributed by atoms with E-state index in [1.54, 1.807) is 4.68 Å². The van der Waals surface area contributed by atoms with Crippen LogP contribution in [0.4, 0.5) is 0 Å². The summed E-state index contributed by atoms with van der Waals surface area (Å²) in [5, 5.41) is 4.13. The smallest absolute Gasteiger partial charge is 0.0521 e. The molecule has 0 aromatic carbocycles. The Bertz CT molecular complexity index is 271. The van der Waals surface area contributed by atoms with Gasteiger partial charge in [0.2, 0.25) is 0 Å². The highest BCUT2D eigenvalue weighted by Crippen LogP contribution is 2.30. The number of alkyl halides is 2. The second kappa shape index (κ2) is 5.04. The quantitative estimate of drug-likeness (QED) is 0.717. The molecule has 0 aliphatic rings. The van der Waals surface area contributed by atoms with E-state index in [0.717, 1.165) is 12.8 Å². The third kappa shape index (κ3) is 2.64. The van der Waals surface area contributed by atoms with Crippen LogP contribution in [0.1, 0.15) is 18.9 Å². The zero-order valence-electron chi connectivity index (χ0n) is 8.63. The number of hydrogen-bond donors (Lipinski definition) is 0. The summed E-state index contributed by atoms with van der Waals surface area (Å²) in [7, 11) is 1.92. The average Bonchev–Trinajstić information content (AvgIpc) is 2.61. The Morgan fingerprint density at radius 3 is 2.43 bits per heavy atom. The highest BCUT2D eigenvalue weighted by Gasteiger charge is 2.27. The van der Waals surface area contributed by atoms with E-state index in [2.05, 4.69) is 12.0 Å². The zero-order valence-corrected chi connectivity index (χ0v) is 10.1.